The largest absolute Gasteiger partial charge is 0.335 e. The molecule has 1 aromatic heterocycles. The summed E-state index contributed by atoms with van der Waals surface area (Å²) in [6.07, 6.45) is 1.63. The van der Waals surface area contributed by atoms with E-state index >= 15 is 0 Å². The molecule has 1 aromatic carbocycles. The van der Waals surface area contributed by atoms with Gasteiger partial charge in [0.2, 0.25) is 0 Å². The first-order valence-electron chi connectivity index (χ1n) is 7.59. The van der Waals surface area contributed by atoms with E-state index < -0.39 is 0 Å². The number of piperazine rings is 1. The van der Waals surface area contributed by atoms with E-state index in [2.05, 4.69) is 10.00 Å². The lowest BCUT2D eigenvalue weighted by molar-refractivity contribution is 0.0622. The van der Waals surface area contributed by atoms with Gasteiger partial charge in [0.15, 0.2) is 5.69 Å². The average Bonchev–Trinajstić information content (AvgIpc) is 2.89. The van der Waals surface area contributed by atoms with Crippen molar-refractivity contribution >= 4 is 40.7 Å². The zero-order valence-electron chi connectivity index (χ0n) is 13.2. The normalized spacial score (nSPS) is 15.8. The van der Waals surface area contributed by atoms with Gasteiger partial charge in [0.25, 0.3) is 5.91 Å². The summed E-state index contributed by atoms with van der Waals surface area (Å²) >= 11 is 18.5. The van der Waals surface area contributed by atoms with Crippen LogP contribution in [0.3, 0.4) is 0 Å². The predicted molar refractivity (Wildman–Crippen MR) is 95.9 cm³/mol. The lowest BCUT2D eigenvalue weighted by Gasteiger charge is -2.34. The summed E-state index contributed by atoms with van der Waals surface area (Å²) in [5.74, 6) is -0.129. The first kappa shape index (κ1) is 17.5. The molecular formula is C16H17Cl3N4O. The van der Waals surface area contributed by atoms with Gasteiger partial charge >= 0.3 is 0 Å². The molecule has 1 amide bonds. The van der Waals surface area contributed by atoms with Crippen LogP contribution in [0.15, 0.2) is 24.4 Å². The van der Waals surface area contributed by atoms with Crippen LogP contribution in [0.1, 0.15) is 16.1 Å². The summed E-state index contributed by atoms with van der Waals surface area (Å²) < 4.78 is 1.55. The van der Waals surface area contributed by atoms with E-state index in [1.54, 1.807) is 22.8 Å². The maximum Gasteiger partial charge on any atom is 0.276 e. The van der Waals surface area contributed by atoms with Crippen LogP contribution in [0.5, 0.6) is 0 Å². The summed E-state index contributed by atoms with van der Waals surface area (Å²) in [5, 5.41) is 5.86. The zero-order valence-corrected chi connectivity index (χ0v) is 15.4. The monoisotopic (exact) mass is 386 g/mol. The van der Waals surface area contributed by atoms with Gasteiger partial charge in [-0.25, -0.2) is 0 Å². The minimum atomic E-state index is -0.129. The molecule has 1 aliphatic rings. The summed E-state index contributed by atoms with van der Waals surface area (Å²) in [6.45, 7) is 3.40. The van der Waals surface area contributed by atoms with Crippen LogP contribution in [0.25, 0.3) is 0 Å². The third-order valence-electron chi connectivity index (χ3n) is 4.09. The Morgan fingerprint density at radius 1 is 1.08 bits per heavy atom. The summed E-state index contributed by atoms with van der Waals surface area (Å²) in [5.41, 5.74) is 1.23. The Labute approximate surface area is 155 Å². The number of halogens is 3. The van der Waals surface area contributed by atoms with Gasteiger partial charge in [0.05, 0.1) is 5.02 Å². The van der Waals surface area contributed by atoms with E-state index in [1.165, 1.54) is 0 Å². The molecule has 8 heteroatoms. The van der Waals surface area contributed by atoms with Crippen molar-refractivity contribution in [1.29, 1.82) is 0 Å². The molecule has 1 fully saturated rings. The molecule has 1 saturated heterocycles. The van der Waals surface area contributed by atoms with Crippen molar-refractivity contribution in [1.82, 2.24) is 19.6 Å². The molecule has 3 rings (SSSR count). The van der Waals surface area contributed by atoms with Crippen LogP contribution in [0, 0.1) is 0 Å². The number of hydrogen-bond donors (Lipinski definition) is 0. The Bertz CT molecular complexity index is 734. The predicted octanol–water partition coefficient (Wildman–Crippen LogP) is 3.34. The van der Waals surface area contributed by atoms with Crippen molar-refractivity contribution in [3.63, 3.8) is 0 Å². The minimum absolute atomic E-state index is 0.129. The standard InChI is InChI=1S/C16H17Cl3N4O/c1-21-10-14(19)15(20-21)16(24)23-7-5-22(6-8-23)9-11-12(17)3-2-4-13(11)18/h2-4,10H,5-9H2,1H3. The number of amides is 1. The van der Waals surface area contributed by atoms with Crippen molar-refractivity contribution < 1.29 is 4.79 Å². The molecule has 1 aliphatic heterocycles. The number of benzene rings is 1. The molecule has 0 radical (unpaired) electrons. The fraction of sp³-hybridized carbons (Fsp3) is 0.375. The van der Waals surface area contributed by atoms with Crippen molar-refractivity contribution in [2.75, 3.05) is 26.2 Å². The molecule has 0 atom stereocenters. The molecule has 128 valence electrons. The average molecular weight is 388 g/mol. The highest BCUT2D eigenvalue weighted by Gasteiger charge is 2.26. The lowest BCUT2D eigenvalue weighted by atomic mass is 10.2. The maximum atomic E-state index is 12.5. The second-order valence-electron chi connectivity index (χ2n) is 5.77. The molecule has 2 aromatic rings. The summed E-state index contributed by atoms with van der Waals surface area (Å²) in [6, 6.07) is 5.51. The van der Waals surface area contributed by atoms with Crippen LogP contribution in [-0.2, 0) is 13.6 Å². The first-order valence-corrected chi connectivity index (χ1v) is 8.72. The van der Waals surface area contributed by atoms with Gasteiger partial charge in [-0.3, -0.25) is 14.4 Å². The Morgan fingerprint density at radius 3 is 2.25 bits per heavy atom. The SMILES string of the molecule is Cn1cc(Cl)c(C(=O)N2CCN(Cc3c(Cl)cccc3Cl)CC2)n1. The maximum absolute atomic E-state index is 12.5. The van der Waals surface area contributed by atoms with Gasteiger partial charge in [-0.2, -0.15) is 5.10 Å². The minimum Gasteiger partial charge on any atom is -0.335 e. The van der Waals surface area contributed by atoms with E-state index in [1.807, 2.05) is 18.2 Å². The Morgan fingerprint density at radius 2 is 1.71 bits per heavy atom. The van der Waals surface area contributed by atoms with Crippen molar-refractivity contribution in [3.8, 4) is 0 Å². The third kappa shape index (κ3) is 3.70. The van der Waals surface area contributed by atoms with Crippen LogP contribution < -0.4 is 0 Å². The molecular weight excluding hydrogens is 371 g/mol. The van der Waals surface area contributed by atoms with E-state index in [9.17, 15) is 4.79 Å². The molecule has 0 spiro atoms. The number of carbonyl (C=O) groups is 1. The van der Waals surface area contributed by atoms with Gasteiger partial charge in [-0.15, -0.1) is 0 Å². The van der Waals surface area contributed by atoms with Gasteiger partial charge in [0, 0.05) is 61.6 Å². The van der Waals surface area contributed by atoms with Gasteiger partial charge in [0.1, 0.15) is 0 Å². The Hall–Kier alpha value is -1.27. The number of hydrogen-bond acceptors (Lipinski definition) is 3. The topological polar surface area (TPSA) is 41.4 Å². The molecule has 0 bridgehead atoms. The Kier molecular flexibility index (Phi) is 5.35. The summed E-state index contributed by atoms with van der Waals surface area (Å²) in [7, 11) is 1.74. The third-order valence-corrected chi connectivity index (χ3v) is 5.07. The van der Waals surface area contributed by atoms with Gasteiger partial charge < -0.3 is 4.90 Å². The molecule has 5 nitrogen and oxygen atoms in total. The number of carbonyl (C=O) groups excluding carboxylic acids is 1. The smallest absolute Gasteiger partial charge is 0.276 e. The highest BCUT2D eigenvalue weighted by atomic mass is 35.5. The molecule has 0 saturated carbocycles. The van der Waals surface area contributed by atoms with Gasteiger partial charge in [-0.05, 0) is 12.1 Å². The van der Waals surface area contributed by atoms with Crippen LogP contribution >= 0.6 is 34.8 Å². The highest BCUT2D eigenvalue weighted by molar-refractivity contribution is 6.36. The molecule has 0 unspecified atom stereocenters. The lowest BCUT2D eigenvalue weighted by Crippen LogP contribution is -2.48. The quantitative estimate of drug-likeness (QED) is 0.811. The fourth-order valence-electron chi connectivity index (χ4n) is 2.77. The second-order valence-corrected chi connectivity index (χ2v) is 6.99. The van der Waals surface area contributed by atoms with E-state index in [-0.39, 0.29) is 5.91 Å². The van der Waals surface area contributed by atoms with E-state index in [0.29, 0.717) is 40.4 Å². The van der Waals surface area contributed by atoms with Crippen molar-refractivity contribution in [2.45, 2.75) is 6.54 Å². The zero-order chi connectivity index (χ0) is 17.3. The number of nitrogens with zero attached hydrogens (tertiary/aromatic N) is 4. The molecule has 2 heterocycles. The van der Waals surface area contributed by atoms with Crippen LogP contribution in [0.4, 0.5) is 0 Å². The van der Waals surface area contributed by atoms with Crippen molar-refractivity contribution in [3.05, 3.63) is 50.7 Å². The second kappa shape index (κ2) is 7.31. The first-order chi connectivity index (χ1) is 11.5. The van der Waals surface area contributed by atoms with Crippen molar-refractivity contribution in [2.24, 2.45) is 7.05 Å². The number of aryl methyl sites for hydroxylation is 1. The molecule has 24 heavy (non-hydrogen) atoms. The molecule has 0 N–H and O–H groups in total. The van der Waals surface area contributed by atoms with Crippen LogP contribution in [0.2, 0.25) is 15.1 Å². The number of rotatable bonds is 3. The fourth-order valence-corrected chi connectivity index (χ4v) is 3.55. The highest BCUT2D eigenvalue weighted by Crippen LogP contribution is 2.26. The molecule has 0 aliphatic carbocycles. The Balaban J connectivity index is 1.62. The van der Waals surface area contributed by atoms with Crippen LogP contribution in [-0.4, -0.2) is 51.7 Å². The van der Waals surface area contributed by atoms with E-state index in [4.69, 9.17) is 34.8 Å². The van der Waals surface area contributed by atoms with Gasteiger partial charge in [-0.1, -0.05) is 40.9 Å². The summed E-state index contributed by atoms with van der Waals surface area (Å²) in [4.78, 5) is 16.5. The number of aromatic nitrogens is 2. The van der Waals surface area contributed by atoms with E-state index in [0.717, 1.165) is 18.7 Å².